The summed E-state index contributed by atoms with van der Waals surface area (Å²) in [6.45, 7) is 5.91. The average Bonchev–Trinajstić information content (AvgIpc) is 2.67. The van der Waals surface area contributed by atoms with Crippen molar-refractivity contribution in [3.05, 3.63) is 64.6 Å². The van der Waals surface area contributed by atoms with Gasteiger partial charge in [-0.3, -0.25) is 14.4 Å². The molecule has 27 heavy (non-hydrogen) atoms. The predicted octanol–water partition coefficient (Wildman–Crippen LogP) is 3.14. The number of nitrogens with one attached hydrogen (secondary N) is 1. The highest BCUT2D eigenvalue weighted by Crippen LogP contribution is 2.13. The van der Waals surface area contributed by atoms with E-state index in [4.69, 9.17) is 0 Å². The first-order valence-corrected chi connectivity index (χ1v) is 9.39. The second kappa shape index (κ2) is 10.3. The maximum atomic E-state index is 12.6. The fourth-order valence-electron chi connectivity index (χ4n) is 2.82. The Bertz CT molecular complexity index is 806. The van der Waals surface area contributed by atoms with Crippen molar-refractivity contribution in [3.63, 3.8) is 0 Å². The highest BCUT2D eigenvalue weighted by Gasteiger charge is 2.14. The van der Waals surface area contributed by atoms with Crippen LogP contribution < -0.4 is 10.9 Å². The van der Waals surface area contributed by atoms with Crippen LogP contribution in [-0.4, -0.2) is 34.4 Å². The van der Waals surface area contributed by atoms with E-state index >= 15 is 0 Å². The molecule has 0 aliphatic rings. The third-order valence-corrected chi connectivity index (χ3v) is 4.17. The minimum Gasteiger partial charge on any atom is -0.339 e. The summed E-state index contributed by atoms with van der Waals surface area (Å²) < 4.78 is 1.50. The molecule has 144 valence electrons. The summed E-state index contributed by atoms with van der Waals surface area (Å²) in [4.78, 5) is 38.1. The van der Waals surface area contributed by atoms with Crippen molar-refractivity contribution in [2.24, 2.45) is 0 Å². The summed E-state index contributed by atoms with van der Waals surface area (Å²) in [5.41, 5.74) is 1.12. The van der Waals surface area contributed by atoms with Gasteiger partial charge in [0, 0.05) is 49.6 Å². The van der Waals surface area contributed by atoms with Crippen LogP contribution >= 0.6 is 0 Å². The lowest BCUT2D eigenvalue weighted by Crippen LogP contribution is -2.32. The molecule has 1 N–H and O–H groups in total. The Morgan fingerprint density at radius 1 is 1.00 bits per heavy atom. The zero-order valence-corrected chi connectivity index (χ0v) is 16.0. The topological polar surface area (TPSA) is 71.4 Å². The van der Waals surface area contributed by atoms with Crippen LogP contribution in [0, 0.1) is 0 Å². The number of nitrogens with zero attached hydrogens (tertiary/aromatic N) is 2. The minimum atomic E-state index is -0.177. The lowest BCUT2D eigenvalue weighted by Gasteiger charge is -2.21. The molecule has 6 heteroatoms. The van der Waals surface area contributed by atoms with Gasteiger partial charge in [-0.2, -0.15) is 0 Å². The fourth-order valence-corrected chi connectivity index (χ4v) is 2.82. The number of pyridine rings is 1. The van der Waals surface area contributed by atoms with E-state index in [1.807, 2.05) is 4.90 Å². The number of carbonyl (C=O) groups excluding carboxylic acids is 2. The van der Waals surface area contributed by atoms with E-state index in [0.29, 0.717) is 17.8 Å². The van der Waals surface area contributed by atoms with Gasteiger partial charge in [0.05, 0.1) is 0 Å². The normalized spacial score (nSPS) is 10.4. The van der Waals surface area contributed by atoms with Gasteiger partial charge >= 0.3 is 0 Å². The van der Waals surface area contributed by atoms with Crippen molar-refractivity contribution in [1.82, 2.24) is 9.47 Å². The van der Waals surface area contributed by atoms with E-state index in [9.17, 15) is 14.4 Å². The van der Waals surface area contributed by atoms with Crippen molar-refractivity contribution < 1.29 is 9.59 Å². The van der Waals surface area contributed by atoms with Crippen LogP contribution in [0.4, 0.5) is 5.69 Å². The van der Waals surface area contributed by atoms with Gasteiger partial charge in [0.2, 0.25) is 5.91 Å². The van der Waals surface area contributed by atoms with E-state index in [0.717, 1.165) is 25.9 Å². The molecular formula is C21H27N3O3. The SMILES string of the molecule is CCCN(CCC)C(=O)c1ccc(NC(=O)CCn2ccccc2=O)cc1. The molecule has 0 bridgehead atoms. The lowest BCUT2D eigenvalue weighted by molar-refractivity contribution is -0.116. The van der Waals surface area contributed by atoms with E-state index < -0.39 is 0 Å². The van der Waals surface area contributed by atoms with Gasteiger partial charge in [0.25, 0.3) is 11.5 Å². The van der Waals surface area contributed by atoms with Gasteiger partial charge in [-0.25, -0.2) is 0 Å². The van der Waals surface area contributed by atoms with Crippen molar-refractivity contribution >= 4 is 17.5 Å². The molecule has 0 atom stereocenters. The number of benzene rings is 1. The van der Waals surface area contributed by atoms with Gasteiger partial charge in [0.15, 0.2) is 0 Å². The number of rotatable bonds is 9. The Morgan fingerprint density at radius 3 is 2.26 bits per heavy atom. The zero-order valence-electron chi connectivity index (χ0n) is 16.0. The van der Waals surface area contributed by atoms with Crippen LogP contribution in [0.3, 0.4) is 0 Å². The predicted molar refractivity (Wildman–Crippen MR) is 107 cm³/mol. The van der Waals surface area contributed by atoms with E-state index in [1.54, 1.807) is 42.6 Å². The third-order valence-electron chi connectivity index (χ3n) is 4.17. The molecule has 1 aromatic heterocycles. The van der Waals surface area contributed by atoms with E-state index in [1.165, 1.54) is 10.6 Å². The Hall–Kier alpha value is -2.89. The second-order valence-corrected chi connectivity index (χ2v) is 6.40. The van der Waals surface area contributed by atoms with Crippen molar-refractivity contribution in [1.29, 1.82) is 0 Å². The first kappa shape index (κ1) is 20.4. The molecule has 0 radical (unpaired) electrons. The van der Waals surface area contributed by atoms with Gasteiger partial charge in [-0.1, -0.05) is 19.9 Å². The van der Waals surface area contributed by atoms with Crippen LogP contribution in [0.25, 0.3) is 0 Å². The van der Waals surface area contributed by atoms with E-state index in [2.05, 4.69) is 19.2 Å². The largest absolute Gasteiger partial charge is 0.339 e. The van der Waals surface area contributed by atoms with Gasteiger partial charge in [-0.15, -0.1) is 0 Å². The number of aromatic nitrogens is 1. The smallest absolute Gasteiger partial charge is 0.253 e. The minimum absolute atomic E-state index is 0.0139. The Kier molecular flexibility index (Phi) is 7.79. The molecule has 0 aliphatic carbocycles. The summed E-state index contributed by atoms with van der Waals surface area (Å²) in [7, 11) is 0. The van der Waals surface area contributed by atoms with Gasteiger partial charge in [-0.05, 0) is 43.2 Å². The molecule has 6 nitrogen and oxygen atoms in total. The van der Waals surface area contributed by atoms with Crippen LogP contribution in [0.5, 0.6) is 0 Å². The van der Waals surface area contributed by atoms with Gasteiger partial charge < -0.3 is 14.8 Å². The third kappa shape index (κ3) is 6.09. The first-order chi connectivity index (χ1) is 13.0. The van der Waals surface area contributed by atoms with Crippen LogP contribution in [-0.2, 0) is 11.3 Å². The lowest BCUT2D eigenvalue weighted by atomic mass is 10.1. The Labute approximate surface area is 159 Å². The van der Waals surface area contributed by atoms with Crippen LogP contribution in [0.2, 0.25) is 0 Å². The zero-order chi connectivity index (χ0) is 19.6. The van der Waals surface area contributed by atoms with Crippen LogP contribution in [0.1, 0.15) is 43.5 Å². The summed E-state index contributed by atoms with van der Waals surface area (Å²) in [6, 6.07) is 11.8. The number of aryl methyl sites for hydroxylation is 1. The average molecular weight is 369 g/mol. The standard InChI is InChI=1S/C21H27N3O3/c1-3-13-24(14-4-2)21(27)17-8-10-18(11-9-17)22-19(25)12-16-23-15-6-5-7-20(23)26/h5-11,15H,3-4,12-14,16H2,1-2H3,(H,22,25). The molecular weight excluding hydrogens is 342 g/mol. The molecule has 0 fully saturated rings. The monoisotopic (exact) mass is 369 g/mol. The molecule has 2 amide bonds. The number of carbonyl (C=O) groups is 2. The highest BCUT2D eigenvalue weighted by molar-refractivity contribution is 5.95. The van der Waals surface area contributed by atoms with Crippen molar-refractivity contribution in [3.8, 4) is 0 Å². The number of amides is 2. The van der Waals surface area contributed by atoms with Gasteiger partial charge in [0.1, 0.15) is 0 Å². The number of hydrogen-bond donors (Lipinski definition) is 1. The maximum Gasteiger partial charge on any atom is 0.253 e. The summed E-state index contributed by atoms with van der Waals surface area (Å²) in [6.07, 6.45) is 3.70. The number of hydrogen-bond acceptors (Lipinski definition) is 3. The molecule has 0 saturated carbocycles. The highest BCUT2D eigenvalue weighted by atomic mass is 16.2. The molecule has 1 aromatic carbocycles. The molecule has 0 saturated heterocycles. The molecule has 1 heterocycles. The van der Waals surface area contributed by atoms with Crippen molar-refractivity contribution in [2.75, 3.05) is 18.4 Å². The quantitative estimate of drug-likeness (QED) is 0.738. The molecule has 0 aliphatic heterocycles. The Morgan fingerprint density at radius 2 is 1.67 bits per heavy atom. The van der Waals surface area contributed by atoms with Crippen molar-refractivity contribution in [2.45, 2.75) is 39.7 Å². The van der Waals surface area contributed by atoms with Crippen LogP contribution in [0.15, 0.2) is 53.5 Å². The molecule has 2 rings (SSSR count). The first-order valence-electron chi connectivity index (χ1n) is 9.39. The summed E-state index contributed by atoms with van der Waals surface area (Å²) in [5, 5.41) is 2.80. The maximum absolute atomic E-state index is 12.6. The summed E-state index contributed by atoms with van der Waals surface area (Å²) in [5.74, 6) is -0.163. The summed E-state index contributed by atoms with van der Waals surface area (Å²) >= 11 is 0. The fraction of sp³-hybridized carbons (Fsp3) is 0.381. The molecule has 2 aromatic rings. The second-order valence-electron chi connectivity index (χ2n) is 6.40. The molecule has 0 unspecified atom stereocenters. The van der Waals surface area contributed by atoms with E-state index in [-0.39, 0.29) is 23.8 Å². The number of anilines is 1. The molecule has 0 spiro atoms. The Balaban J connectivity index is 1.92.